The van der Waals surface area contributed by atoms with Crippen LogP contribution in [-0.4, -0.2) is 37.2 Å². The molecule has 2 aliphatic rings. The fourth-order valence-corrected chi connectivity index (χ4v) is 3.54. The summed E-state index contributed by atoms with van der Waals surface area (Å²) in [5.41, 5.74) is 13.6. The van der Waals surface area contributed by atoms with Crippen LogP contribution >= 0.6 is 0 Å². The summed E-state index contributed by atoms with van der Waals surface area (Å²) in [6.45, 7) is 2.12. The fourth-order valence-electron chi connectivity index (χ4n) is 3.54. The third kappa shape index (κ3) is 2.55. The molecular formula is C16H25N3O. The highest BCUT2D eigenvalue weighted by atomic mass is 16.5. The lowest BCUT2D eigenvalue weighted by Gasteiger charge is -2.47. The summed E-state index contributed by atoms with van der Waals surface area (Å²) in [4.78, 5) is 2.51. The molecule has 2 fully saturated rings. The van der Waals surface area contributed by atoms with Gasteiger partial charge < -0.3 is 16.2 Å². The molecule has 0 aromatic heterocycles. The van der Waals surface area contributed by atoms with Crippen molar-refractivity contribution in [3.8, 4) is 5.75 Å². The van der Waals surface area contributed by atoms with Gasteiger partial charge >= 0.3 is 0 Å². The molecule has 0 unspecified atom stereocenters. The quantitative estimate of drug-likeness (QED) is 0.876. The minimum absolute atomic E-state index is 0.171. The van der Waals surface area contributed by atoms with Crippen LogP contribution in [0.25, 0.3) is 0 Å². The van der Waals surface area contributed by atoms with Crippen LogP contribution in [0.5, 0.6) is 5.75 Å². The van der Waals surface area contributed by atoms with Gasteiger partial charge in [0.1, 0.15) is 5.75 Å². The van der Waals surface area contributed by atoms with E-state index in [-0.39, 0.29) is 5.54 Å². The Bertz CT molecular complexity index is 445. The topological polar surface area (TPSA) is 64.5 Å². The van der Waals surface area contributed by atoms with E-state index < -0.39 is 0 Å². The number of nitrogens with zero attached hydrogens (tertiary/aromatic N) is 1. The van der Waals surface area contributed by atoms with Gasteiger partial charge in [0.2, 0.25) is 0 Å². The van der Waals surface area contributed by atoms with Gasteiger partial charge in [-0.2, -0.15) is 0 Å². The van der Waals surface area contributed by atoms with E-state index in [2.05, 4.69) is 17.0 Å². The summed E-state index contributed by atoms with van der Waals surface area (Å²) in [6, 6.07) is 9.30. The molecule has 4 N–H and O–H groups in total. The number of hydrogen-bond acceptors (Lipinski definition) is 4. The summed E-state index contributed by atoms with van der Waals surface area (Å²) in [5.74, 6) is 0.889. The van der Waals surface area contributed by atoms with Crippen molar-refractivity contribution in [1.82, 2.24) is 4.90 Å². The van der Waals surface area contributed by atoms with E-state index in [1.165, 1.54) is 18.4 Å². The van der Waals surface area contributed by atoms with Crippen LogP contribution in [-0.2, 0) is 5.54 Å². The minimum atomic E-state index is -0.171. The molecule has 110 valence electrons. The first-order chi connectivity index (χ1) is 9.60. The summed E-state index contributed by atoms with van der Waals surface area (Å²) in [5, 5.41) is 0. The van der Waals surface area contributed by atoms with Crippen molar-refractivity contribution in [3.63, 3.8) is 0 Å². The second-order valence-corrected chi connectivity index (χ2v) is 6.33. The Morgan fingerprint density at radius 1 is 1.15 bits per heavy atom. The lowest BCUT2D eigenvalue weighted by atomic mass is 9.75. The number of ether oxygens (including phenoxy) is 1. The first-order valence-electron chi connectivity index (χ1n) is 7.54. The number of rotatable bonds is 3. The van der Waals surface area contributed by atoms with E-state index in [9.17, 15) is 0 Å². The molecule has 1 saturated carbocycles. The first kappa shape index (κ1) is 13.9. The lowest BCUT2D eigenvalue weighted by Crippen LogP contribution is -2.60. The molecule has 4 heteroatoms. The number of likely N-dealkylation sites (tertiary alicyclic amines) is 1. The maximum Gasteiger partial charge on any atom is 0.118 e. The van der Waals surface area contributed by atoms with Crippen molar-refractivity contribution in [2.75, 3.05) is 20.2 Å². The molecule has 0 bridgehead atoms. The van der Waals surface area contributed by atoms with E-state index >= 15 is 0 Å². The molecule has 1 aromatic carbocycles. The Kier molecular flexibility index (Phi) is 3.71. The van der Waals surface area contributed by atoms with Gasteiger partial charge in [0, 0.05) is 30.7 Å². The lowest BCUT2D eigenvalue weighted by molar-refractivity contribution is 0.0555. The van der Waals surface area contributed by atoms with Gasteiger partial charge in [-0.15, -0.1) is 0 Å². The summed E-state index contributed by atoms with van der Waals surface area (Å²) >= 11 is 0. The van der Waals surface area contributed by atoms with Crippen molar-refractivity contribution in [3.05, 3.63) is 29.8 Å². The monoisotopic (exact) mass is 275 g/mol. The Morgan fingerprint density at radius 3 is 2.25 bits per heavy atom. The second kappa shape index (κ2) is 5.35. The van der Waals surface area contributed by atoms with Crippen molar-refractivity contribution < 1.29 is 4.74 Å². The average molecular weight is 275 g/mol. The smallest absolute Gasteiger partial charge is 0.118 e. The van der Waals surface area contributed by atoms with E-state index in [1.54, 1.807) is 7.11 Å². The molecule has 1 aliphatic heterocycles. The van der Waals surface area contributed by atoms with E-state index in [1.807, 2.05) is 12.1 Å². The van der Waals surface area contributed by atoms with Gasteiger partial charge in [-0.1, -0.05) is 12.1 Å². The maximum atomic E-state index is 6.64. The Morgan fingerprint density at radius 2 is 1.75 bits per heavy atom. The molecule has 1 aromatic rings. The Balaban J connectivity index is 1.62. The molecule has 20 heavy (non-hydrogen) atoms. The highest BCUT2D eigenvalue weighted by molar-refractivity contribution is 5.32. The largest absolute Gasteiger partial charge is 0.497 e. The molecule has 4 nitrogen and oxygen atoms in total. The maximum absolute atomic E-state index is 6.64. The zero-order chi connectivity index (χ0) is 14.2. The fraction of sp³-hybridized carbons (Fsp3) is 0.625. The second-order valence-electron chi connectivity index (χ2n) is 6.33. The van der Waals surface area contributed by atoms with Crippen molar-refractivity contribution >= 4 is 0 Å². The zero-order valence-corrected chi connectivity index (χ0v) is 12.2. The molecule has 1 aliphatic carbocycles. The van der Waals surface area contributed by atoms with Crippen molar-refractivity contribution in [1.29, 1.82) is 0 Å². The van der Waals surface area contributed by atoms with Crippen LogP contribution < -0.4 is 16.2 Å². The highest BCUT2D eigenvalue weighted by Crippen LogP contribution is 2.37. The third-order valence-corrected chi connectivity index (χ3v) is 4.97. The Hall–Kier alpha value is -1.10. The third-order valence-electron chi connectivity index (χ3n) is 4.97. The predicted molar refractivity (Wildman–Crippen MR) is 80.7 cm³/mol. The summed E-state index contributed by atoms with van der Waals surface area (Å²) in [7, 11) is 1.69. The van der Waals surface area contributed by atoms with E-state index in [4.69, 9.17) is 16.2 Å². The van der Waals surface area contributed by atoms with Gasteiger partial charge in [-0.25, -0.2) is 0 Å². The van der Waals surface area contributed by atoms with Gasteiger partial charge in [0.25, 0.3) is 0 Å². The highest BCUT2D eigenvalue weighted by Gasteiger charge is 2.38. The average Bonchev–Trinajstić information content (AvgIpc) is 2.45. The van der Waals surface area contributed by atoms with E-state index in [0.29, 0.717) is 12.1 Å². The standard InChI is InChI=1S/C16H25N3O/c1-20-15-4-2-12(3-5-15)16(18)8-6-14(7-9-16)19-10-13(17)11-19/h2-5,13-14H,6-11,17-18H2,1H3. The van der Waals surface area contributed by atoms with Crippen LogP contribution in [0.1, 0.15) is 31.2 Å². The van der Waals surface area contributed by atoms with Crippen molar-refractivity contribution in [2.24, 2.45) is 11.5 Å². The van der Waals surface area contributed by atoms with Crippen LogP contribution in [0.15, 0.2) is 24.3 Å². The zero-order valence-electron chi connectivity index (χ0n) is 12.2. The normalized spacial score (nSPS) is 31.9. The molecule has 0 radical (unpaired) electrons. The SMILES string of the molecule is COc1ccc(C2(N)CCC(N3CC(N)C3)CC2)cc1. The first-order valence-corrected chi connectivity index (χ1v) is 7.54. The van der Waals surface area contributed by atoms with Gasteiger partial charge in [-0.05, 0) is 43.4 Å². The number of nitrogens with two attached hydrogens (primary N) is 2. The molecule has 0 spiro atoms. The summed E-state index contributed by atoms with van der Waals surface area (Å²) in [6.07, 6.45) is 4.45. The Labute approximate surface area is 121 Å². The molecular weight excluding hydrogens is 250 g/mol. The van der Waals surface area contributed by atoms with Crippen LogP contribution in [0.3, 0.4) is 0 Å². The van der Waals surface area contributed by atoms with E-state index in [0.717, 1.165) is 31.7 Å². The van der Waals surface area contributed by atoms with Gasteiger partial charge in [-0.3, -0.25) is 4.90 Å². The molecule has 1 heterocycles. The number of methoxy groups -OCH3 is 1. The van der Waals surface area contributed by atoms with Gasteiger partial charge in [0.15, 0.2) is 0 Å². The summed E-state index contributed by atoms with van der Waals surface area (Å²) < 4.78 is 5.21. The van der Waals surface area contributed by atoms with Gasteiger partial charge in [0.05, 0.1) is 7.11 Å². The van der Waals surface area contributed by atoms with Crippen LogP contribution in [0.2, 0.25) is 0 Å². The van der Waals surface area contributed by atoms with Crippen molar-refractivity contribution in [2.45, 2.75) is 43.3 Å². The number of benzene rings is 1. The van der Waals surface area contributed by atoms with Crippen LogP contribution in [0, 0.1) is 0 Å². The van der Waals surface area contributed by atoms with Crippen LogP contribution in [0.4, 0.5) is 0 Å². The molecule has 3 rings (SSSR count). The number of hydrogen-bond donors (Lipinski definition) is 2. The molecule has 0 atom stereocenters. The molecule has 1 saturated heterocycles. The molecule has 0 amide bonds. The predicted octanol–water partition coefficient (Wildman–Crippen LogP) is 1.43. The minimum Gasteiger partial charge on any atom is -0.497 e.